The quantitative estimate of drug-likeness (QED) is 0.444. The molecule has 0 saturated heterocycles. The van der Waals surface area contributed by atoms with E-state index in [-0.39, 0.29) is 11.7 Å². The Kier molecular flexibility index (Phi) is 8.76. The first-order valence-electron chi connectivity index (χ1n) is 11.5. The van der Waals surface area contributed by atoms with Gasteiger partial charge in [0.1, 0.15) is 11.9 Å². The first-order chi connectivity index (χ1) is 14.9. The van der Waals surface area contributed by atoms with Crippen molar-refractivity contribution in [2.75, 3.05) is 0 Å². The predicted molar refractivity (Wildman–Crippen MR) is 123 cm³/mol. The van der Waals surface area contributed by atoms with Gasteiger partial charge in [-0.3, -0.25) is 4.79 Å². The van der Waals surface area contributed by atoms with Gasteiger partial charge in [0.15, 0.2) is 0 Å². The molecule has 170 valence electrons. The Morgan fingerprint density at radius 1 is 1.16 bits per heavy atom. The molecule has 1 heterocycles. The van der Waals surface area contributed by atoms with Gasteiger partial charge in [0.2, 0.25) is 0 Å². The van der Waals surface area contributed by atoms with Gasteiger partial charge in [-0.15, -0.1) is 11.8 Å². The summed E-state index contributed by atoms with van der Waals surface area (Å²) in [6, 6.07) is 7.54. The number of carbonyl (C=O) groups excluding carboxylic acids is 1. The lowest BCUT2D eigenvalue weighted by Gasteiger charge is -2.21. The van der Waals surface area contributed by atoms with E-state index in [2.05, 4.69) is 6.92 Å². The number of carbonyl (C=O) groups is 2. The smallest absolute Gasteiger partial charge is 0.341 e. The third kappa shape index (κ3) is 6.21. The summed E-state index contributed by atoms with van der Waals surface area (Å²) >= 11 is 1.46. The van der Waals surface area contributed by atoms with Crippen molar-refractivity contribution in [1.29, 1.82) is 0 Å². The Hall–Kier alpha value is -1.63. The molecule has 1 aromatic rings. The number of carboxylic acid groups (broad SMARTS) is 1. The highest BCUT2D eigenvalue weighted by atomic mass is 32.2. The van der Waals surface area contributed by atoms with E-state index >= 15 is 0 Å². The molecule has 4 unspecified atom stereocenters. The number of aliphatic carboxylic acids is 1. The van der Waals surface area contributed by atoms with Gasteiger partial charge in [-0.2, -0.15) is 0 Å². The number of hydrogen-bond donors (Lipinski definition) is 3. The lowest BCUT2D eigenvalue weighted by atomic mass is 9.84. The standard InChI is InChI=1S/C25H34O5S/c1-2-3-7-21(27)24(28)18-10-8-17(9-11-18)23-16(12-14-20(23)26)5-4-6-19-13-15-22(31-19)25(29)30/h8-11,15-16,19,21,23-24,27-28H,2-7,12-14H2,1H3,(H,29,30)/t16-,19?,21?,23?,24?/m0/s1. The summed E-state index contributed by atoms with van der Waals surface area (Å²) in [4.78, 5) is 24.1. The minimum absolute atomic E-state index is 0.0971. The second-order valence-electron chi connectivity index (χ2n) is 8.84. The molecule has 5 nitrogen and oxygen atoms in total. The molecule has 6 heteroatoms. The maximum absolute atomic E-state index is 12.6. The molecule has 1 saturated carbocycles. The molecule has 1 aliphatic heterocycles. The number of Topliss-reactive ketones (excluding diaryl/α,β-unsaturated/α-hetero) is 1. The number of thioether (sulfide) groups is 1. The van der Waals surface area contributed by atoms with Gasteiger partial charge in [0.05, 0.1) is 11.0 Å². The van der Waals surface area contributed by atoms with Gasteiger partial charge in [-0.25, -0.2) is 4.79 Å². The van der Waals surface area contributed by atoms with Crippen LogP contribution in [-0.4, -0.2) is 38.4 Å². The summed E-state index contributed by atoms with van der Waals surface area (Å²) in [5.41, 5.74) is 1.69. The van der Waals surface area contributed by atoms with Gasteiger partial charge >= 0.3 is 5.97 Å². The van der Waals surface area contributed by atoms with Crippen molar-refractivity contribution in [3.05, 3.63) is 46.4 Å². The zero-order valence-corrected chi connectivity index (χ0v) is 19.0. The molecule has 3 rings (SSSR count). The van der Waals surface area contributed by atoms with Crippen LogP contribution in [0.3, 0.4) is 0 Å². The monoisotopic (exact) mass is 446 g/mol. The fraction of sp³-hybridized carbons (Fsp3) is 0.600. The molecule has 0 aromatic heterocycles. The lowest BCUT2D eigenvalue weighted by molar-refractivity contribution is -0.131. The number of benzene rings is 1. The van der Waals surface area contributed by atoms with Crippen molar-refractivity contribution in [2.45, 2.75) is 88.1 Å². The number of aliphatic hydroxyl groups excluding tert-OH is 2. The SMILES string of the molecule is CCCCC(O)C(O)c1ccc(C2C(=O)CC[C@@H]2CCCC2CC=C(C(=O)O)S2)cc1. The zero-order valence-electron chi connectivity index (χ0n) is 18.2. The highest BCUT2D eigenvalue weighted by Gasteiger charge is 2.35. The summed E-state index contributed by atoms with van der Waals surface area (Å²) in [6.45, 7) is 2.06. The number of rotatable bonds is 11. The van der Waals surface area contributed by atoms with Gasteiger partial charge in [0.25, 0.3) is 0 Å². The normalized spacial score (nSPS) is 25.5. The minimum atomic E-state index is -0.899. The van der Waals surface area contributed by atoms with Crippen molar-refractivity contribution in [1.82, 2.24) is 0 Å². The molecule has 31 heavy (non-hydrogen) atoms. The van der Waals surface area contributed by atoms with Crippen LogP contribution in [0.1, 0.15) is 87.9 Å². The van der Waals surface area contributed by atoms with Crippen LogP contribution in [0.25, 0.3) is 0 Å². The Labute approximate surface area is 188 Å². The second-order valence-corrected chi connectivity index (χ2v) is 10.2. The second kappa shape index (κ2) is 11.3. The third-order valence-electron chi connectivity index (χ3n) is 6.61. The molecule has 1 aromatic carbocycles. The van der Waals surface area contributed by atoms with Crippen LogP contribution in [0, 0.1) is 5.92 Å². The topological polar surface area (TPSA) is 94.8 Å². The Morgan fingerprint density at radius 2 is 1.90 bits per heavy atom. The van der Waals surface area contributed by atoms with E-state index in [1.54, 1.807) is 0 Å². The number of unbranched alkanes of at least 4 members (excludes halogenated alkanes) is 1. The molecule has 5 atom stereocenters. The van der Waals surface area contributed by atoms with Gasteiger partial charge in [0, 0.05) is 17.6 Å². The first-order valence-corrected chi connectivity index (χ1v) is 12.4. The summed E-state index contributed by atoms with van der Waals surface area (Å²) in [7, 11) is 0. The molecule has 1 fully saturated rings. The van der Waals surface area contributed by atoms with Crippen LogP contribution < -0.4 is 0 Å². The largest absolute Gasteiger partial charge is 0.477 e. The van der Waals surface area contributed by atoms with Crippen molar-refractivity contribution < 1.29 is 24.9 Å². The highest BCUT2D eigenvalue weighted by Crippen LogP contribution is 2.42. The molecule has 0 amide bonds. The molecule has 0 bridgehead atoms. The molecular formula is C25H34O5S. The first kappa shape index (κ1) is 24.0. The minimum Gasteiger partial charge on any atom is -0.477 e. The fourth-order valence-corrected chi connectivity index (χ4v) is 5.94. The zero-order chi connectivity index (χ0) is 22.4. The van der Waals surface area contributed by atoms with Crippen molar-refractivity contribution >= 4 is 23.5 Å². The Bertz CT molecular complexity index is 788. The number of carboxylic acids is 1. The fourth-order valence-electron chi connectivity index (χ4n) is 4.81. The van der Waals surface area contributed by atoms with Gasteiger partial charge in [-0.1, -0.05) is 56.5 Å². The van der Waals surface area contributed by atoms with Gasteiger partial charge in [-0.05, 0) is 49.1 Å². The number of aliphatic hydroxyl groups is 2. The lowest BCUT2D eigenvalue weighted by Crippen LogP contribution is -2.18. The van der Waals surface area contributed by atoms with Gasteiger partial charge < -0.3 is 15.3 Å². The predicted octanol–water partition coefficient (Wildman–Crippen LogP) is 4.98. The van der Waals surface area contributed by atoms with Crippen molar-refractivity contribution in [2.24, 2.45) is 5.92 Å². The van der Waals surface area contributed by atoms with Crippen LogP contribution in [0.2, 0.25) is 0 Å². The summed E-state index contributed by atoms with van der Waals surface area (Å²) < 4.78 is 0. The van der Waals surface area contributed by atoms with E-state index in [1.165, 1.54) is 11.8 Å². The van der Waals surface area contributed by atoms with E-state index in [0.29, 0.717) is 34.5 Å². The summed E-state index contributed by atoms with van der Waals surface area (Å²) in [6.07, 6.45) is 7.83. The summed E-state index contributed by atoms with van der Waals surface area (Å²) in [5, 5.41) is 30.0. The Morgan fingerprint density at radius 3 is 2.55 bits per heavy atom. The average molecular weight is 447 g/mol. The molecular weight excluding hydrogens is 412 g/mol. The molecule has 2 aliphatic rings. The molecule has 0 spiro atoms. The van der Waals surface area contributed by atoms with Crippen LogP contribution in [0.15, 0.2) is 35.2 Å². The Balaban J connectivity index is 1.54. The van der Waals surface area contributed by atoms with E-state index in [4.69, 9.17) is 5.11 Å². The number of allylic oxidation sites excluding steroid dienone is 1. The average Bonchev–Trinajstić information content (AvgIpc) is 3.38. The maximum atomic E-state index is 12.6. The number of ketones is 1. The highest BCUT2D eigenvalue weighted by molar-refractivity contribution is 8.04. The number of hydrogen-bond acceptors (Lipinski definition) is 5. The van der Waals surface area contributed by atoms with Crippen LogP contribution >= 0.6 is 11.8 Å². The van der Waals surface area contributed by atoms with Crippen LogP contribution in [0.4, 0.5) is 0 Å². The molecule has 0 radical (unpaired) electrons. The van der Waals surface area contributed by atoms with E-state index in [1.807, 2.05) is 30.3 Å². The molecule has 1 aliphatic carbocycles. The van der Waals surface area contributed by atoms with E-state index in [0.717, 1.165) is 50.5 Å². The van der Waals surface area contributed by atoms with Crippen molar-refractivity contribution in [3.63, 3.8) is 0 Å². The van der Waals surface area contributed by atoms with Crippen LogP contribution in [-0.2, 0) is 9.59 Å². The summed E-state index contributed by atoms with van der Waals surface area (Å²) in [5.74, 6) is -0.330. The van der Waals surface area contributed by atoms with E-state index in [9.17, 15) is 19.8 Å². The van der Waals surface area contributed by atoms with Crippen LogP contribution in [0.5, 0.6) is 0 Å². The third-order valence-corrected chi connectivity index (χ3v) is 7.96. The van der Waals surface area contributed by atoms with E-state index < -0.39 is 18.2 Å². The molecule has 3 N–H and O–H groups in total. The van der Waals surface area contributed by atoms with Crippen molar-refractivity contribution in [3.8, 4) is 0 Å². The maximum Gasteiger partial charge on any atom is 0.341 e.